The Bertz CT molecular complexity index is 919. The normalized spacial score (nSPS) is 24.8. The van der Waals surface area contributed by atoms with Crippen LogP contribution in [0.25, 0.3) is 0 Å². The fourth-order valence-electron chi connectivity index (χ4n) is 3.84. The first-order valence-corrected chi connectivity index (χ1v) is 10.8. The number of thioether (sulfide) groups is 1. The Hall–Kier alpha value is -1.51. The van der Waals surface area contributed by atoms with Crippen molar-refractivity contribution in [2.45, 2.75) is 43.6 Å². The molecule has 2 aliphatic rings. The number of rotatable bonds is 2. The summed E-state index contributed by atoms with van der Waals surface area (Å²) in [5, 5.41) is 5.77. The van der Waals surface area contributed by atoms with Crippen LogP contribution in [-0.2, 0) is 9.53 Å². The quantitative estimate of drug-likeness (QED) is 0.726. The van der Waals surface area contributed by atoms with Crippen molar-refractivity contribution in [1.29, 1.82) is 0 Å². The Balaban J connectivity index is 1.80. The lowest BCUT2D eigenvalue weighted by Gasteiger charge is -2.36. The van der Waals surface area contributed by atoms with E-state index in [1.54, 1.807) is 0 Å². The number of hydrogen-bond donors (Lipinski definition) is 2. The van der Waals surface area contributed by atoms with Crippen LogP contribution in [0.2, 0.25) is 0 Å². The molecule has 1 fully saturated rings. The van der Waals surface area contributed by atoms with Crippen molar-refractivity contribution in [2.24, 2.45) is 0 Å². The topological polar surface area (TPSA) is 76.1 Å². The third-order valence-corrected chi connectivity index (χ3v) is 6.87. The zero-order valence-corrected chi connectivity index (χ0v) is 17.7. The average Bonchev–Trinajstić information content (AvgIpc) is 2.81. The number of halogens is 1. The predicted molar refractivity (Wildman–Crippen MR) is 110 cm³/mol. The van der Waals surface area contributed by atoms with E-state index in [4.69, 9.17) is 4.74 Å². The lowest BCUT2D eigenvalue weighted by molar-refractivity contribution is -0.113. The fourth-order valence-corrected chi connectivity index (χ4v) is 5.23. The van der Waals surface area contributed by atoms with E-state index in [1.807, 2.05) is 28.9 Å². The van der Waals surface area contributed by atoms with Gasteiger partial charge in [-0.25, -0.2) is 0 Å². The summed E-state index contributed by atoms with van der Waals surface area (Å²) in [5.74, 6) is 0.833. The molecule has 1 aromatic heterocycles. The number of anilines is 1. The molecule has 0 bridgehead atoms. The number of aromatic nitrogens is 2. The van der Waals surface area contributed by atoms with Gasteiger partial charge < -0.3 is 10.1 Å². The van der Waals surface area contributed by atoms with E-state index in [2.05, 4.69) is 40.2 Å². The molecule has 144 valence electrons. The Morgan fingerprint density at radius 1 is 1.26 bits per heavy atom. The van der Waals surface area contributed by atoms with Crippen molar-refractivity contribution < 1.29 is 9.53 Å². The van der Waals surface area contributed by atoms with Gasteiger partial charge in [0.1, 0.15) is 5.82 Å². The smallest absolute Gasteiger partial charge is 0.270 e. The van der Waals surface area contributed by atoms with Crippen molar-refractivity contribution in [3.63, 3.8) is 0 Å². The Morgan fingerprint density at radius 3 is 2.70 bits per heavy atom. The first kappa shape index (κ1) is 18.8. The van der Waals surface area contributed by atoms with Crippen LogP contribution in [0.4, 0.5) is 5.82 Å². The molecule has 8 heteroatoms. The van der Waals surface area contributed by atoms with Crippen molar-refractivity contribution in [3.8, 4) is 0 Å². The molecule has 0 saturated carbocycles. The number of aromatic amines is 1. The number of carbonyl (C=O) groups excluding carboxylic acids is 1. The Morgan fingerprint density at radius 2 is 2.00 bits per heavy atom. The van der Waals surface area contributed by atoms with E-state index in [0.717, 1.165) is 22.9 Å². The summed E-state index contributed by atoms with van der Waals surface area (Å²) in [6.07, 6.45) is 1.57. The second-order valence-electron chi connectivity index (χ2n) is 7.62. The van der Waals surface area contributed by atoms with E-state index in [9.17, 15) is 9.59 Å². The zero-order valence-electron chi connectivity index (χ0n) is 15.3. The van der Waals surface area contributed by atoms with Gasteiger partial charge in [0.25, 0.3) is 5.56 Å². The van der Waals surface area contributed by atoms with Crippen LogP contribution >= 0.6 is 27.7 Å². The number of ether oxygens (including phenoxy) is 1. The molecular weight excluding hydrogens is 430 g/mol. The van der Waals surface area contributed by atoms with Gasteiger partial charge in [-0.2, -0.15) is 0 Å². The highest BCUT2D eigenvalue weighted by Crippen LogP contribution is 2.42. The minimum atomic E-state index is -0.258. The number of benzene rings is 1. The molecule has 0 unspecified atom stereocenters. The highest BCUT2D eigenvalue weighted by Gasteiger charge is 2.35. The van der Waals surface area contributed by atoms with Crippen molar-refractivity contribution in [1.82, 2.24) is 9.78 Å². The number of amides is 1. The summed E-state index contributed by atoms with van der Waals surface area (Å²) in [7, 11) is 0. The summed E-state index contributed by atoms with van der Waals surface area (Å²) >= 11 is 4.93. The molecule has 4 rings (SSSR count). The van der Waals surface area contributed by atoms with Gasteiger partial charge in [-0.1, -0.05) is 28.1 Å². The van der Waals surface area contributed by atoms with Gasteiger partial charge in [-0.05, 0) is 44.4 Å². The van der Waals surface area contributed by atoms with Gasteiger partial charge >= 0.3 is 0 Å². The monoisotopic (exact) mass is 451 g/mol. The van der Waals surface area contributed by atoms with Crippen LogP contribution in [0.3, 0.4) is 0 Å². The Kier molecular flexibility index (Phi) is 4.98. The molecule has 1 aromatic carbocycles. The van der Waals surface area contributed by atoms with Crippen LogP contribution in [0.5, 0.6) is 0 Å². The molecule has 0 spiro atoms. The SMILES string of the molecule is CC1(C)C[C@H](n2[nH]c(=O)c3c2NC(=O)CS[C@H]3c2ccc(Br)cc2)CCO1. The summed E-state index contributed by atoms with van der Waals surface area (Å²) in [6.45, 7) is 4.74. The number of H-pyrrole nitrogens is 1. The molecule has 27 heavy (non-hydrogen) atoms. The largest absolute Gasteiger partial charge is 0.375 e. The van der Waals surface area contributed by atoms with E-state index in [1.165, 1.54) is 11.8 Å². The van der Waals surface area contributed by atoms with E-state index >= 15 is 0 Å². The molecule has 2 N–H and O–H groups in total. The maximum Gasteiger partial charge on any atom is 0.270 e. The third-order valence-electron chi connectivity index (χ3n) is 5.07. The van der Waals surface area contributed by atoms with Crippen LogP contribution < -0.4 is 10.9 Å². The molecule has 0 aliphatic carbocycles. The molecule has 1 saturated heterocycles. The summed E-state index contributed by atoms with van der Waals surface area (Å²) in [6, 6.07) is 7.99. The molecule has 0 radical (unpaired) electrons. The van der Waals surface area contributed by atoms with Crippen LogP contribution in [0.15, 0.2) is 33.5 Å². The summed E-state index contributed by atoms with van der Waals surface area (Å²) in [5.41, 5.74) is 1.23. The average molecular weight is 452 g/mol. The lowest BCUT2D eigenvalue weighted by Crippen LogP contribution is -2.36. The molecule has 2 aromatic rings. The third kappa shape index (κ3) is 3.75. The highest BCUT2D eigenvalue weighted by molar-refractivity contribution is 9.10. The molecule has 2 aliphatic heterocycles. The van der Waals surface area contributed by atoms with Gasteiger partial charge in [0, 0.05) is 11.1 Å². The molecule has 6 nitrogen and oxygen atoms in total. The second kappa shape index (κ2) is 7.14. The van der Waals surface area contributed by atoms with Crippen molar-refractivity contribution in [3.05, 3.63) is 50.2 Å². The molecule has 2 atom stereocenters. The van der Waals surface area contributed by atoms with Gasteiger partial charge in [-0.3, -0.25) is 19.4 Å². The van der Waals surface area contributed by atoms with Gasteiger partial charge in [0.2, 0.25) is 5.91 Å². The maximum atomic E-state index is 12.9. The molecule has 1 amide bonds. The first-order valence-electron chi connectivity index (χ1n) is 8.99. The minimum absolute atomic E-state index is 0.0826. The van der Waals surface area contributed by atoms with Crippen LogP contribution in [0, 0.1) is 0 Å². The van der Waals surface area contributed by atoms with Crippen LogP contribution in [-0.4, -0.2) is 33.6 Å². The number of hydrogen-bond acceptors (Lipinski definition) is 4. The number of carbonyl (C=O) groups is 1. The maximum absolute atomic E-state index is 12.9. The van der Waals surface area contributed by atoms with E-state index in [0.29, 0.717) is 23.7 Å². The van der Waals surface area contributed by atoms with E-state index in [-0.39, 0.29) is 28.4 Å². The minimum Gasteiger partial charge on any atom is -0.375 e. The highest BCUT2D eigenvalue weighted by atomic mass is 79.9. The Labute approximate surface area is 170 Å². The van der Waals surface area contributed by atoms with Gasteiger partial charge in [-0.15, -0.1) is 11.8 Å². The number of fused-ring (bicyclic) bond motifs is 1. The lowest BCUT2D eigenvalue weighted by atomic mass is 9.94. The van der Waals surface area contributed by atoms with Gasteiger partial charge in [0.15, 0.2) is 0 Å². The summed E-state index contributed by atoms with van der Waals surface area (Å²) < 4.78 is 8.65. The standard InChI is InChI=1S/C19H22BrN3O3S/c1-19(2)9-13(7-8-26-19)23-17-15(18(25)22-23)16(27-10-14(24)21-17)11-3-5-12(20)6-4-11/h3-6,13,16H,7-10H2,1-2H3,(H,21,24)(H,22,25)/t13-,16+/m1/s1. The number of nitrogens with zero attached hydrogens (tertiary/aromatic N) is 1. The zero-order chi connectivity index (χ0) is 19.2. The van der Waals surface area contributed by atoms with Gasteiger partial charge in [0.05, 0.1) is 28.2 Å². The summed E-state index contributed by atoms with van der Waals surface area (Å²) in [4.78, 5) is 25.3. The second-order valence-corrected chi connectivity index (χ2v) is 9.63. The van der Waals surface area contributed by atoms with E-state index < -0.39 is 0 Å². The van der Waals surface area contributed by atoms with Crippen molar-refractivity contribution in [2.75, 3.05) is 17.7 Å². The molecule has 3 heterocycles. The first-order chi connectivity index (χ1) is 12.8. The number of nitrogens with one attached hydrogen (secondary N) is 2. The van der Waals surface area contributed by atoms with Crippen molar-refractivity contribution >= 4 is 39.4 Å². The fraction of sp³-hybridized carbons (Fsp3) is 0.474. The molecular formula is C19H22BrN3O3S. The van der Waals surface area contributed by atoms with Crippen LogP contribution in [0.1, 0.15) is 49.1 Å². The predicted octanol–water partition coefficient (Wildman–Crippen LogP) is 3.84.